The topological polar surface area (TPSA) is 86.8 Å². The Balaban J connectivity index is 1.73. The Hall–Kier alpha value is -2.94. The molecule has 1 fully saturated rings. The van der Waals surface area contributed by atoms with Gasteiger partial charge in [-0.05, 0) is 74.9 Å². The maximum absolute atomic E-state index is 13.5. The fourth-order valence-corrected chi connectivity index (χ4v) is 5.94. The van der Waals surface area contributed by atoms with Crippen LogP contribution in [0.1, 0.15) is 68.6 Å². The molecule has 2 aromatic rings. The van der Waals surface area contributed by atoms with Crippen LogP contribution in [0.2, 0.25) is 0 Å². The minimum atomic E-state index is -3.57. The molecule has 38 heavy (non-hydrogen) atoms. The highest BCUT2D eigenvalue weighted by Crippen LogP contribution is 2.26. The molecule has 1 aliphatic rings. The number of rotatable bonds is 11. The van der Waals surface area contributed by atoms with Gasteiger partial charge in [0.25, 0.3) is 0 Å². The lowest BCUT2D eigenvalue weighted by Gasteiger charge is -2.31. The van der Waals surface area contributed by atoms with E-state index in [1.165, 1.54) is 27.8 Å². The first-order valence-electron chi connectivity index (χ1n) is 13.4. The van der Waals surface area contributed by atoms with Crippen molar-refractivity contribution in [2.24, 2.45) is 0 Å². The molecule has 2 amide bonds. The molecule has 2 aromatic carbocycles. The molecule has 0 saturated heterocycles. The van der Waals surface area contributed by atoms with Gasteiger partial charge in [-0.3, -0.25) is 13.9 Å². The van der Waals surface area contributed by atoms with Crippen molar-refractivity contribution in [2.75, 3.05) is 17.1 Å². The van der Waals surface area contributed by atoms with Crippen molar-refractivity contribution in [3.05, 3.63) is 65.0 Å². The van der Waals surface area contributed by atoms with Gasteiger partial charge in [0, 0.05) is 25.6 Å². The molecule has 1 unspecified atom stereocenters. The standard InChI is InChI=1S/C29H40FN3O4S/c1-21-10-8-13-27(22(21)2)33(38(4,36)37)19-9-14-28(34)32(20-24-15-17-25(30)18-16-24)23(3)29(35)31-26-11-6-5-7-12-26/h8,10,13,15-18,23,26H,5-7,9,11-12,14,19-20H2,1-4H3,(H,31,35). The van der Waals surface area contributed by atoms with Crippen molar-refractivity contribution >= 4 is 27.5 Å². The quantitative estimate of drug-likeness (QED) is 0.437. The molecule has 0 aromatic heterocycles. The summed E-state index contributed by atoms with van der Waals surface area (Å²) in [6, 6.07) is 10.8. The number of hydrogen-bond donors (Lipinski definition) is 1. The Kier molecular flexibility index (Phi) is 10.3. The number of nitrogens with zero attached hydrogens (tertiary/aromatic N) is 2. The van der Waals surface area contributed by atoms with E-state index in [4.69, 9.17) is 0 Å². The van der Waals surface area contributed by atoms with Gasteiger partial charge in [0.15, 0.2) is 0 Å². The summed E-state index contributed by atoms with van der Waals surface area (Å²) in [6.07, 6.45) is 6.71. The zero-order valence-electron chi connectivity index (χ0n) is 22.9. The van der Waals surface area contributed by atoms with Crippen molar-refractivity contribution in [1.82, 2.24) is 10.2 Å². The van der Waals surface area contributed by atoms with E-state index in [-0.39, 0.29) is 49.6 Å². The number of hydrogen-bond acceptors (Lipinski definition) is 4. The zero-order chi connectivity index (χ0) is 27.9. The minimum absolute atomic E-state index is 0.0686. The number of sulfonamides is 1. The van der Waals surface area contributed by atoms with E-state index >= 15 is 0 Å². The average Bonchev–Trinajstić information content (AvgIpc) is 2.87. The largest absolute Gasteiger partial charge is 0.352 e. The highest BCUT2D eigenvalue weighted by molar-refractivity contribution is 7.92. The molecular weight excluding hydrogens is 505 g/mol. The Bertz CT molecular complexity index is 1210. The zero-order valence-corrected chi connectivity index (χ0v) is 23.7. The van der Waals surface area contributed by atoms with E-state index in [0.717, 1.165) is 43.1 Å². The van der Waals surface area contributed by atoms with Crippen molar-refractivity contribution in [2.45, 2.75) is 84.3 Å². The highest BCUT2D eigenvalue weighted by Gasteiger charge is 2.28. The second-order valence-electron chi connectivity index (χ2n) is 10.3. The summed E-state index contributed by atoms with van der Waals surface area (Å²) >= 11 is 0. The Morgan fingerprint density at radius 1 is 1.05 bits per heavy atom. The van der Waals surface area contributed by atoms with Crippen LogP contribution in [0.15, 0.2) is 42.5 Å². The molecule has 0 aliphatic heterocycles. The fourth-order valence-electron chi connectivity index (χ4n) is 4.93. The summed E-state index contributed by atoms with van der Waals surface area (Å²) in [5.74, 6) is -0.836. The molecular formula is C29H40FN3O4S. The van der Waals surface area contributed by atoms with Crippen LogP contribution in [0.4, 0.5) is 10.1 Å². The number of anilines is 1. The molecule has 1 aliphatic carbocycles. The van der Waals surface area contributed by atoms with Crippen LogP contribution in [0.5, 0.6) is 0 Å². The first-order valence-corrected chi connectivity index (χ1v) is 15.2. The van der Waals surface area contributed by atoms with Crippen molar-refractivity contribution in [1.29, 1.82) is 0 Å². The van der Waals surface area contributed by atoms with Gasteiger partial charge in [-0.2, -0.15) is 0 Å². The second kappa shape index (κ2) is 13.2. The van der Waals surface area contributed by atoms with Crippen LogP contribution in [-0.2, 0) is 26.2 Å². The molecule has 208 valence electrons. The van der Waals surface area contributed by atoms with Crippen molar-refractivity contribution in [3.8, 4) is 0 Å². The second-order valence-corrected chi connectivity index (χ2v) is 12.2. The number of aryl methyl sites for hydroxylation is 1. The van der Waals surface area contributed by atoms with Crippen molar-refractivity contribution in [3.63, 3.8) is 0 Å². The van der Waals surface area contributed by atoms with Crippen LogP contribution in [0, 0.1) is 19.7 Å². The number of amides is 2. The summed E-state index contributed by atoms with van der Waals surface area (Å²) in [5, 5.41) is 3.10. The molecule has 7 nitrogen and oxygen atoms in total. The lowest BCUT2D eigenvalue weighted by molar-refractivity contribution is -0.141. The summed E-state index contributed by atoms with van der Waals surface area (Å²) in [7, 11) is -3.57. The average molecular weight is 546 g/mol. The monoisotopic (exact) mass is 545 g/mol. The normalized spacial score (nSPS) is 15.1. The Morgan fingerprint density at radius 3 is 2.34 bits per heavy atom. The maximum Gasteiger partial charge on any atom is 0.242 e. The highest BCUT2D eigenvalue weighted by atomic mass is 32.2. The SMILES string of the molecule is Cc1cccc(N(CCCC(=O)N(Cc2ccc(F)cc2)C(C)C(=O)NC2CCCCC2)S(C)(=O)=O)c1C. The lowest BCUT2D eigenvalue weighted by Crippen LogP contribution is -2.50. The van der Waals surface area contributed by atoms with Crippen LogP contribution in [-0.4, -0.2) is 50.0 Å². The fraction of sp³-hybridized carbons (Fsp3) is 0.517. The van der Waals surface area contributed by atoms with Crippen LogP contribution in [0.3, 0.4) is 0 Å². The smallest absolute Gasteiger partial charge is 0.242 e. The number of nitrogens with one attached hydrogen (secondary N) is 1. The molecule has 0 spiro atoms. The minimum Gasteiger partial charge on any atom is -0.352 e. The van der Waals surface area contributed by atoms with Gasteiger partial charge in [0.05, 0.1) is 11.9 Å². The number of carbonyl (C=O) groups excluding carboxylic acids is 2. The third-order valence-corrected chi connectivity index (χ3v) is 8.56. The summed E-state index contributed by atoms with van der Waals surface area (Å²) in [6.45, 7) is 5.81. The van der Waals surface area contributed by atoms with Crippen LogP contribution < -0.4 is 9.62 Å². The van der Waals surface area contributed by atoms with Crippen LogP contribution >= 0.6 is 0 Å². The molecule has 0 heterocycles. The Labute approximate surface area is 226 Å². The molecule has 0 bridgehead atoms. The summed E-state index contributed by atoms with van der Waals surface area (Å²) < 4.78 is 40.0. The predicted octanol–water partition coefficient (Wildman–Crippen LogP) is 4.85. The van der Waals surface area contributed by atoms with Gasteiger partial charge in [0.2, 0.25) is 21.8 Å². The first kappa shape index (κ1) is 29.6. The number of carbonyl (C=O) groups is 2. The van der Waals surface area contributed by atoms with E-state index in [9.17, 15) is 22.4 Å². The van der Waals surface area contributed by atoms with Gasteiger partial charge in [-0.1, -0.05) is 43.5 Å². The maximum atomic E-state index is 13.5. The lowest BCUT2D eigenvalue weighted by atomic mass is 9.95. The van der Waals surface area contributed by atoms with Gasteiger partial charge in [-0.15, -0.1) is 0 Å². The molecule has 9 heteroatoms. The van der Waals surface area contributed by atoms with E-state index < -0.39 is 16.1 Å². The Morgan fingerprint density at radius 2 is 1.71 bits per heavy atom. The van der Waals surface area contributed by atoms with Gasteiger partial charge in [0.1, 0.15) is 11.9 Å². The third kappa shape index (κ3) is 8.03. The van der Waals surface area contributed by atoms with Gasteiger partial charge >= 0.3 is 0 Å². The molecule has 0 radical (unpaired) electrons. The first-order chi connectivity index (χ1) is 18.0. The molecule has 1 N–H and O–H groups in total. The van der Waals surface area contributed by atoms with E-state index in [1.54, 1.807) is 25.1 Å². The van der Waals surface area contributed by atoms with E-state index in [2.05, 4.69) is 5.32 Å². The molecule has 1 saturated carbocycles. The van der Waals surface area contributed by atoms with Gasteiger partial charge in [-0.25, -0.2) is 12.8 Å². The van der Waals surface area contributed by atoms with E-state index in [0.29, 0.717) is 11.3 Å². The summed E-state index contributed by atoms with van der Waals surface area (Å²) in [4.78, 5) is 28.1. The summed E-state index contributed by atoms with van der Waals surface area (Å²) in [5.41, 5.74) is 3.17. The number of benzene rings is 2. The van der Waals surface area contributed by atoms with E-state index in [1.807, 2.05) is 26.0 Å². The number of halogens is 1. The third-order valence-electron chi connectivity index (χ3n) is 7.38. The van der Waals surface area contributed by atoms with Gasteiger partial charge < -0.3 is 10.2 Å². The predicted molar refractivity (Wildman–Crippen MR) is 149 cm³/mol. The van der Waals surface area contributed by atoms with Crippen LogP contribution in [0.25, 0.3) is 0 Å². The molecule has 1 atom stereocenters. The molecule has 3 rings (SSSR count). The van der Waals surface area contributed by atoms with Crippen molar-refractivity contribution < 1.29 is 22.4 Å².